The molecular weight excluding hydrogens is 326 g/mol. The van der Waals surface area contributed by atoms with Crippen LogP contribution in [0, 0.1) is 5.92 Å². The van der Waals surface area contributed by atoms with E-state index in [1.807, 2.05) is 30.3 Å². The number of urea groups is 1. The number of amides is 2. The standard InChI is InChI=1S/C17H19N3O3S/c1-24(22,23)15-10-9-14(11-18-15)19-17(21)20-16(13-7-8-13)12-5-3-2-4-6-12/h2-6,9-11,13,16H,7-8H2,1H3,(H2,19,20,21). The number of hydrogen-bond acceptors (Lipinski definition) is 4. The molecular formula is C17H19N3O3S. The van der Waals surface area contributed by atoms with E-state index in [9.17, 15) is 13.2 Å². The van der Waals surface area contributed by atoms with Crippen molar-refractivity contribution in [1.29, 1.82) is 0 Å². The summed E-state index contributed by atoms with van der Waals surface area (Å²) in [5, 5.41) is 5.67. The molecule has 126 valence electrons. The highest BCUT2D eigenvalue weighted by Crippen LogP contribution is 2.40. The van der Waals surface area contributed by atoms with Gasteiger partial charge in [-0.25, -0.2) is 18.2 Å². The van der Waals surface area contributed by atoms with E-state index < -0.39 is 9.84 Å². The zero-order valence-electron chi connectivity index (χ0n) is 13.3. The van der Waals surface area contributed by atoms with Crippen LogP contribution in [0.5, 0.6) is 0 Å². The molecule has 1 unspecified atom stereocenters. The molecule has 6 nitrogen and oxygen atoms in total. The van der Waals surface area contributed by atoms with E-state index in [2.05, 4.69) is 15.6 Å². The molecule has 1 atom stereocenters. The summed E-state index contributed by atoms with van der Waals surface area (Å²) in [7, 11) is -3.35. The zero-order valence-corrected chi connectivity index (χ0v) is 14.1. The molecule has 1 heterocycles. The minimum atomic E-state index is -3.35. The van der Waals surface area contributed by atoms with Crippen LogP contribution >= 0.6 is 0 Å². The Kier molecular flexibility index (Phi) is 4.53. The Morgan fingerprint density at radius 2 is 1.88 bits per heavy atom. The number of nitrogens with one attached hydrogen (secondary N) is 2. The molecule has 7 heteroatoms. The normalized spacial score (nSPS) is 15.5. The van der Waals surface area contributed by atoms with Crippen molar-refractivity contribution in [2.75, 3.05) is 11.6 Å². The van der Waals surface area contributed by atoms with Gasteiger partial charge in [0.1, 0.15) is 0 Å². The summed E-state index contributed by atoms with van der Waals surface area (Å²) in [6, 6.07) is 12.4. The van der Waals surface area contributed by atoms with Crippen LogP contribution in [0.15, 0.2) is 53.7 Å². The van der Waals surface area contributed by atoms with E-state index in [-0.39, 0.29) is 17.1 Å². The van der Waals surface area contributed by atoms with Gasteiger partial charge in [0, 0.05) is 6.26 Å². The highest BCUT2D eigenvalue weighted by Gasteiger charge is 2.33. The maximum Gasteiger partial charge on any atom is 0.319 e. The summed E-state index contributed by atoms with van der Waals surface area (Å²) in [5.74, 6) is 0.462. The van der Waals surface area contributed by atoms with Crippen LogP contribution in [0.25, 0.3) is 0 Å². The van der Waals surface area contributed by atoms with Gasteiger partial charge >= 0.3 is 6.03 Å². The largest absolute Gasteiger partial charge is 0.331 e. The van der Waals surface area contributed by atoms with Gasteiger partial charge in [0.05, 0.1) is 17.9 Å². The lowest BCUT2D eigenvalue weighted by Gasteiger charge is -2.19. The van der Waals surface area contributed by atoms with Crippen LogP contribution in [-0.2, 0) is 9.84 Å². The third kappa shape index (κ3) is 4.11. The van der Waals surface area contributed by atoms with E-state index in [0.29, 0.717) is 11.6 Å². The molecule has 1 aliphatic carbocycles. The monoisotopic (exact) mass is 345 g/mol. The number of benzene rings is 1. The molecule has 0 spiro atoms. The van der Waals surface area contributed by atoms with Gasteiger partial charge in [0.2, 0.25) is 0 Å². The second-order valence-corrected chi connectivity index (χ2v) is 7.94. The predicted molar refractivity (Wildman–Crippen MR) is 91.4 cm³/mol. The first-order valence-electron chi connectivity index (χ1n) is 7.72. The molecule has 24 heavy (non-hydrogen) atoms. The summed E-state index contributed by atoms with van der Waals surface area (Å²) < 4.78 is 22.8. The first-order valence-corrected chi connectivity index (χ1v) is 9.61. The lowest BCUT2D eigenvalue weighted by molar-refractivity contribution is 0.247. The minimum absolute atomic E-state index is 0.0190. The lowest BCUT2D eigenvalue weighted by atomic mass is 10.0. The number of pyridine rings is 1. The van der Waals surface area contributed by atoms with Crippen LogP contribution in [0.4, 0.5) is 10.5 Å². The van der Waals surface area contributed by atoms with Gasteiger partial charge in [-0.3, -0.25) is 0 Å². The molecule has 0 bridgehead atoms. The number of nitrogens with zero attached hydrogens (tertiary/aromatic N) is 1. The van der Waals surface area contributed by atoms with E-state index in [0.717, 1.165) is 24.7 Å². The second kappa shape index (κ2) is 6.60. The van der Waals surface area contributed by atoms with Crippen LogP contribution in [0.1, 0.15) is 24.4 Å². The summed E-state index contributed by atoms with van der Waals surface area (Å²) in [4.78, 5) is 16.1. The van der Waals surface area contributed by atoms with Crippen LogP contribution < -0.4 is 10.6 Å². The molecule has 3 rings (SSSR count). The third-order valence-corrected chi connectivity index (χ3v) is 4.91. The third-order valence-electron chi connectivity index (χ3n) is 3.91. The van der Waals surface area contributed by atoms with Crippen LogP contribution in [-0.4, -0.2) is 25.7 Å². The van der Waals surface area contributed by atoms with Crippen LogP contribution in [0.2, 0.25) is 0 Å². The summed E-state index contributed by atoms with van der Waals surface area (Å²) in [5.41, 5.74) is 1.53. The molecule has 2 N–H and O–H groups in total. The highest BCUT2D eigenvalue weighted by atomic mass is 32.2. The van der Waals surface area contributed by atoms with E-state index in [4.69, 9.17) is 0 Å². The quantitative estimate of drug-likeness (QED) is 0.872. The predicted octanol–water partition coefficient (Wildman–Crippen LogP) is 2.76. The van der Waals surface area contributed by atoms with Crippen molar-refractivity contribution in [2.24, 2.45) is 5.92 Å². The van der Waals surface area contributed by atoms with Gasteiger partial charge in [-0.05, 0) is 36.5 Å². The maximum absolute atomic E-state index is 12.2. The number of aromatic nitrogens is 1. The molecule has 0 aliphatic heterocycles. The highest BCUT2D eigenvalue weighted by molar-refractivity contribution is 7.90. The first kappa shape index (κ1) is 16.4. The average Bonchev–Trinajstić information content (AvgIpc) is 3.38. The molecule has 0 saturated heterocycles. The van der Waals surface area contributed by atoms with E-state index >= 15 is 0 Å². The minimum Gasteiger partial charge on any atom is -0.331 e. The Morgan fingerprint density at radius 1 is 1.17 bits per heavy atom. The maximum atomic E-state index is 12.2. The molecule has 2 amide bonds. The topological polar surface area (TPSA) is 88.2 Å². The van der Waals surface area contributed by atoms with Crippen molar-refractivity contribution in [3.8, 4) is 0 Å². The van der Waals surface area contributed by atoms with Crippen molar-refractivity contribution in [3.63, 3.8) is 0 Å². The molecule has 1 fully saturated rings. The Hall–Kier alpha value is -2.41. The van der Waals surface area contributed by atoms with Crippen molar-refractivity contribution in [2.45, 2.75) is 23.9 Å². The lowest BCUT2D eigenvalue weighted by Crippen LogP contribution is -2.33. The molecule has 1 aliphatic rings. The molecule has 0 radical (unpaired) electrons. The first-order chi connectivity index (χ1) is 11.4. The van der Waals surface area contributed by atoms with Gasteiger partial charge in [0.25, 0.3) is 0 Å². The van der Waals surface area contributed by atoms with Crippen molar-refractivity contribution < 1.29 is 13.2 Å². The number of rotatable bonds is 5. The fourth-order valence-electron chi connectivity index (χ4n) is 2.55. The number of carbonyl (C=O) groups is 1. The second-order valence-electron chi connectivity index (χ2n) is 5.98. The molecule has 2 aromatic rings. The number of sulfone groups is 1. The zero-order chi connectivity index (χ0) is 17.2. The fourth-order valence-corrected chi connectivity index (χ4v) is 3.10. The average molecular weight is 345 g/mol. The van der Waals surface area contributed by atoms with Crippen LogP contribution in [0.3, 0.4) is 0 Å². The Labute approximate surface area is 141 Å². The van der Waals surface area contributed by atoms with Crippen molar-refractivity contribution >= 4 is 21.6 Å². The van der Waals surface area contributed by atoms with E-state index in [1.165, 1.54) is 18.3 Å². The summed E-state index contributed by atoms with van der Waals surface area (Å²) in [6.45, 7) is 0. The SMILES string of the molecule is CS(=O)(=O)c1ccc(NC(=O)NC(c2ccccc2)C2CC2)cn1. The van der Waals surface area contributed by atoms with Crippen molar-refractivity contribution in [3.05, 3.63) is 54.2 Å². The van der Waals surface area contributed by atoms with Gasteiger partial charge < -0.3 is 10.6 Å². The Morgan fingerprint density at radius 3 is 2.42 bits per heavy atom. The van der Waals surface area contributed by atoms with E-state index in [1.54, 1.807) is 0 Å². The Balaban J connectivity index is 1.66. The molecule has 1 aromatic carbocycles. The van der Waals surface area contributed by atoms with Crippen molar-refractivity contribution in [1.82, 2.24) is 10.3 Å². The van der Waals surface area contributed by atoms with Gasteiger partial charge in [-0.2, -0.15) is 0 Å². The van der Waals surface area contributed by atoms with Gasteiger partial charge in [-0.15, -0.1) is 0 Å². The number of hydrogen-bond donors (Lipinski definition) is 2. The molecule has 1 saturated carbocycles. The fraction of sp³-hybridized carbons (Fsp3) is 0.294. The number of carbonyl (C=O) groups excluding carboxylic acids is 1. The molecule has 1 aromatic heterocycles. The van der Waals surface area contributed by atoms with Gasteiger partial charge in [0.15, 0.2) is 14.9 Å². The smallest absolute Gasteiger partial charge is 0.319 e. The summed E-state index contributed by atoms with van der Waals surface area (Å²) >= 11 is 0. The van der Waals surface area contributed by atoms with Gasteiger partial charge in [-0.1, -0.05) is 30.3 Å². The Bertz CT molecular complexity index is 816. The number of anilines is 1. The summed E-state index contributed by atoms with van der Waals surface area (Å²) in [6.07, 6.45) is 4.63.